The standard InChI is InChI=1S/C17H10F6N4O3/c18-16(19,20)10-3-8(2-1-7(10)5-24)27-13(28)12-11-4-9(26(12)15(27)30)6-25(11)14(29)17(21,22)23/h1-3,9,11,28H,4,6H2/t9-,11-/m0/s1. The molecule has 1 N–H and O–H groups in total. The molecule has 2 aromatic rings. The van der Waals surface area contributed by atoms with Gasteiger partial charge in [-0.1, -0.05) is 0 Å². The van der Waals surface area contributed by atoms with Crippen molar-refractivity contribution in [3.05, 3.63) is 45.5 Å². The summed E-state index contributed by atoms with van der Waals surface area (Å²) in [6.45, 7) is -0.416. The molecular weight excluding hydrogens is 422 g/mol. The van der Waals surface area contributed by atoms with Gasteiger partial charge in [0.25, 0.3) is 0 Å². The van der Waals surface area contributed by atoms with Gasteiger partial charge in [-0.2, -0.15) is 31.6 Å². The summed E-state index contributed by atoms with van der Waals surface area (Å²) in [6.07, 6.45) is -10.1. The first-order chi connectivity index (χ1) is 13.9. The van der Waals surface area contributed by atoms with Gasteiger partial charge in [-0.05, 0) is 24.6 Å². The Bertz CT molecular complexity index is 1170. The van der Waals surface area contributed by atoms with Crippen LogP contribution < -0.4 is 5.69 Å². The van der Waals surface area contributed by atoms with E-state index in [0.29, 0.717) is 15.5 Å². The molecule has 1 fully saturated rings. The normalized spacial score (nSPS) is 20.4. The lowest BCUT2D eigenvalue weighted by Crippen LogP contribution is -2.44. The minimum absolute atomic E-state index is 0.0258. The lowest BCUT2D eigenvalue weighted by Gasteiger charge is -2.28. The zero-order chi connectivity index (χ0) is 22.2. The van der Waals surface area contributed by atoms with E-state index in [9.17, 15) is 41.0 Å². The van der Waals surface area contributed by atoms with Crippen molar-refractivity contribution in [1.82, 2.24) is 14.0 Å². The van der Waals surface area contributed by atoms with Gasteiger partial charge in [0, 0.05) is 6.54 Å². The van der Waals surface area contributed by atoms with E-state index >= 15 is 0 Å². The molecule has 1 aromatic heterocycles. The Morgan fingerprint density at radius 1 is 1.20 bits per heavy atom. The molecule has 0 aliphatic carbocycles. The summed E-state index contributed by atoms with van der Waals surface area (Å²) in [4.78, 5) is 24.9. The predicted molar refractivity (Wildman–Crippen MR) is 85.6 cm³/mol. The van der Waals surface area contributed by atoms with Crippen molar-refractivity contribution in [2.75, 3.05) is 6.54 Å². The molecule has 158 valence electrons. The molecule has 0 unspecified atom stereocenters. The maximum atomic E-state index is 13.2. The number of benzene rings is 1. The van der Waals surface area contributed by atoms with Gasteiger partial charge in [-0.25, -0.2) is 9.36 Å². The third kappa shape index (κ3) is 2.66. The maximum absolute atomic E-state index is 13.2. The number of halogens is 6. The molecule has 0 spiro atoms. The number of fused-ring (bicyclic) bond motifs is 5. The van der Waals surface area contributed by atoms with E-state index in [1.165, 1.54) is 6.07 Å². The summed E-state index contributed by atoms with van der Waals surface area (Å²) in [6, 6.07) is 1.61. The molecule has 1 amide bonds. The molecule has 4 rings (SSSR count). The highest BCUT2D eigenvalue weighted by atomic mass is 19.4. The second-order valence-corrected chi connectivity index (χ2v) is 6.90. The van der Waals surface area contributed by atoms with Crippen molar-refractivity contribution < 1.29 is 36.2 Å². The number of aromatic nitrogens is 2. The molecule has 2 bridgehead atoms. The number of hydrogen-bond acceptors (Lipinski definition) is 4. The molecule has 0 saturated carbocycles. The van der Waals surface area contributed by atoms with Crippen molar-refractivity contribution in [2.24, 2.45) is 0 Å². The average molecular weight is 432 g/mol. The first-order valence-electron chi connectivity index (χ1n) is 8.42. The van der Waals surface area contributed by atoms with E-state index in [2.05, 4.69) is 0 Å². The third-order valence-electron chi connectivity index (χ3n) is 5.25. The average Bonchev–Trinajstić information content (AvgIpc) is 3.30. The number of hydrogen-bond donors (Lipinski definition) is 1. The first-order valence-corrected chi connectivity index (χ1v) is 8.42. The number of carbonyl (C=O) groups is 1. The van der Waals surface area contributed by atoms with E-state index in [1.54, 1.807) is 0 Å². The Morgan fingerprint density at radius 3 is 2.43 bits per heavy atom. The first kappa shape index (κ1) is 19.9. The molecule has 2 aliphatic heterocycles. The Morgan fingerprint density at radius 2 is 1.87 bits per heavy atom. The van der Waals surface area contributed by atoms with Crippen molar-refractivity contribution >= 4 is 5.91 Å². The van der Waals surface area contributed by atoms with Gasteiger partial charge in [0.1, 0.15) is 5.69 Å². The summed E-state index contributed by atoms with van der Waals surface area (Å²) in [7, 11) is 0. The van der Waals surface area contributed by atoms with E-state index in [1.807, 2.05) is 0 Å². The van der Waals surface area contributed by atoms with Crippen LogP contribution in [0.1, 0.15) is 35.3 Å². The highest BCUT2D eigenvalue weighted by molar-refractivity contribution is 5.83. The second-order valence-electron chi connectivity index (χ2n) is 6.90. The lowest BCUT2D eigenvalue weighted by atomic mass is 10.1. The SMILES string of the molecule is N#Cc1ccc(-n2c(O)c3n(c2=O)[C@H]2C[C@@H]3N(C(=O)C(F)(F)F)C2)cc1C(F)(F)F. The van der Waals surface area contributed by atoms with Crippen LogP contribution in [-0.4, -0.2) is 37.8 Å². The maximum Gasteiger partial charge on any atom is 0.471 e. The summed E-state index contributed by atoms with van der Waals surface area (Å²) in [5.41, 5.74) is -3.68. The smallest absolute Gasteiger partial charge is 0.471 e. The second kappa shape index (κ2) is 6.04. The largest absolute Gasteiger partial charge is 0.493 e. The van der Waals surface area contributed by atoms with Gasteiger partial charge in [-0.3, -0.25) is 9.36 Å². The van der Waals surface area contributed by atoms with E-state index in [0.717, 1.165) is 16.7 Å². The fourth-order valence-corrected chi connectivity index (χ4v) is 4.07. The van der Waals surface area contributed by atoms with Crippen molar-refractivity contribution in [1.29, 1.82) is 5.26 Å². The van der Waals surface area contributed by atoms with Crippen LogP contribution in [0.5, 0.6) is 5.88 Å². The number of carbonyl (C=O) groups excluding carboxylic acids is 1. The van der Waals surface area contributed by atoms with Crippen molar-refractivity contribution in [3.8, 4) is 17.6 Å². The highest BCUT2D eigenvalue weighted by Gasteiger charge is 2.54. The Balaban J connectivity index is 1.84. The van der Waals surface area contributed by atoms with Gasteiger partial charge in [-0.15, -0.1) is 0 Å². The topological polar surface area (TPSA) is 91.3 Å². The molecule has 1 aromatic carbocycles. The number of likely N-dealkylation sites (tertiary alicyclic amines) is 1. The third-order valence-corrected chi connectivity index (χ3v) is 5.25. The van der Waals surface area contributed by atoms with Crippen LogP contribution >= 0.6 is 0 Å². The molecule has 7 nitrogen and oxygen atoms in total. The quantitative estimate of drug-likeness (QED) is 0.702. The van der Waals surface area contributed by atoms with Crippen LogP contribution in [0.25, 0.3) is 5.69 Å². The molecule has 30 heavy (non-hydrogen) atoms. The minimum atomic E-state index is -5.15. The minimum Gasteiger partial charge on any atom is -0.493 e. The summed E-state index contributed by atoms with van der Waals surface area (Å²) >= 11 is 0. The summed E-state index contributed by atoms with van der Waals surface area (Å²) in [5.74, 6) is -2.98. The van der Waals surface area contributed by atoms with Gasteiger partial charge in [0.05, 0.1) is 35.0 Å². The summed E-state index contributed by atoms with van der Waals surface area (Å²) in [5, 5.41) is 19.4. The van der Waals surface area contributed by atoms with Crippen LogP contribution in [0.4, 0.5) is 26.3 Å². The number of aromatic hydroxyl groups is 1. The number of alkyl halides is 6. The zero-order valence-corrected chi connectivity index (χ0v) is 14.6. The van der Waals surface area contributed by atoms with E-state index in [-0.39, 0.29) is 12.1 Å². The van der Waals surface area contributed by atoms with E-state index in [4.69, 9.17) is 5.26 Å². The zero-order valence-electron chi connectivity index (χ0n) is 14.6. The van der Waals surface area contributed by atoms with Gasteiger partial charge >= 0.3 is 23.9 Å². The Labute approximate surface area is 163 Å². The number of amides is 1. The molecule has 2 aliphatic rings. The number of nitriles is 1. The monoisotopic (exact) mass is 432 g/mol. The molecular formula is C17H10F6N4O3. The van der Waals surface area contributed by atoms with Crippen molar-refractivity contribution in [3.63, 3.8) is 0 Å². The molecule has 13 heteroatoms. The number of nitrogens with zero attached hydrogens (tertiary/aromatic N) is 4. The Kier molecular flexibility index (Phi) is 4.00. The fraction of sp³-hybridized carbons (Fsp3) is 0.353. The Hall–Kier alpha value is -3.43. The molecule has 1 saturated heterocycles. The van der Waals surface area contributed by atoms with Crippen LogP contribution in [0.15, 0.2) is 23.0 Å². The predicted octanol–water partition coefficient (Wildman–Crippen LogP) is 2.63. The number of rotatable bonds is 1. The van der Waals surface area contributed by atoms with E-state index < -0.39 is 65.3 Å². The lowest BCUT2D eigenvalue weighted by molar-refractivity contribution is -0.187. The molecule has 0 radical (unpaired) electrons. The van der Waals surface area contributed by atoms with Crippen LogP contribution in [-0.2, 0) is 11.0 Å². The van der Waals surface area contributed by atoms with Crippen LogP contribution in [0, 0.1) is 11.3 Å². The van der Waals surface area contributed by atoms with Gasteiger partial charge in [0.15, 0.2) is 0 Å². The van der Waals surface area contributed by atoms with Crippen LogP contribution in [0.2, 0.25) is 0 Å². The highest BCUT2D eigenvalue weighted by Crippen LogP contribution is 2.49. The fourth-order valence-electron chi connectivity index (χ4n) is 4.07. The molecule has 3 heterocycles. The number of imidazole rings is 1. The molecule has 2 atom stereocenters. The van der Waals surface area contributed by atoms with Gasteiger partial charge in [0.2, 0.25) is 5.88 Å². The van der Waals surface area contributed by atoms with Crippen molar-refractivity contribution in [2.45, 2.75) is 30.9 Å². The van der Waals surface area contributed by atoms with Gasteiger partial charge < -0.3 is 10.0 Å². The van der Waals surface area contributed by atoms with Crippen LogP contribution in [0.3, 0.4) is 0 Å². The summed E-state index contributed by atoms with van der Waals surface area (Å²) < 4.78 is 79.6.